The van der Waals surface area contributed by atoms with Crippen molar-refractivity contribution in [3.05, 3.63) is 60.2 Å². The summed E-state index contributed by atoms with van der Waals surface area (Å²) in [5.74, 6) is -0.714. The largest absolute Gasteiger partial charge is 0.264 e. The molecule has 21 heavy (non-hydrogen) atoms. The van der Waals surface area contributed by atoms with E-state index in [4.69, 9.17) is 0 Å². The molecule has 6 heteroatoms. The Kier molecular flexibility index (Phi) is 3.73. The van der Waals surface area contributed by atoms with Crippen LogP contribution in [0.15, 0.2) is 53.7 Å². The molecule has 0 amide bonds. The number of nitrogens with zero attached hydrogens (tertiary/aromatic N) is 2. The predicted molar refractivity (Wildman–Crippen MR) is 76.4 cm³/mol. The third kappa shape index (κ3) is 2.96. The number of benzene rings is 1. The molecule has 0 unspecified atom stereocenters. The van der Waals surface area contributed by atoms with Gasteiger partial charge in [0, 0.05) is 25.0 Å². The van der Waals surface area contributed by atoms with Gasteiger partial charge in [0.1, 0.15) is 10.7 Å². The fourth-order valence-corrected chi connectivity index (χ4v) is 3.96. The standard InChI is InChI=1S/C15H15FN2O2S/c16-14-5-1-2-6-15(14)21(19,20)18(13-7-8-13)11-12-4-3-9-17-10-12/h1-6,9-10,13H,7-8,11H2. The van der Waals surface area contributed by atoms with Crippen LogP contribution in [-0.2, 0) is 16.6 Å². The molecule has 4 nitrogen and oxygen atoms in total. The van der Waals surface area contributed by atoms with Gasteiger partial charge in [0.2, 0.25) is 10.0 Å². The van der Waals surface area contributed by atoms with Crippen molar-refractivity contribution >= 4 is 10.0 Å². The number of sulfonamides is 1. The molecular formula is C15H15FN2O2S. The van der Waals surface area contributed by atoms with Crippen LogP contribution in [0.25, 0.3) is 0 Å². The first-order valence-corrected chi connectivity index (χ1v) is 8.18. The summed E-state index contributed by atoms with van der Waals surface area (Å²) in [6, 6.07) is 9.03. The number of pyridine rings is 1. The molecule has 0 N–H and O–H groups in total. The van der Waals surface area contributed by atoms with Gasteiger partial charge in [0.15, 0.2) is 0 Å². The Labute approximate surface area is 123 Å². The zero-order valence-electron chi connectivity index (χ0n) is 11.3. The Morgan fingerprint density at radius 3 is 2.57 bits per heavy atom. The van der Waals surface area contributed by atoms with Gasteiger partial charge >= 0.3 is 0 Å². The van der Waals surface area contributed by atoms with E-state index in [1.165, 1.54) is 28.6 Å². The van der Waals surface area contributed by atoms with E-state index in [1.807, 2.05) is 6.07 Å². The van der Waals surface area contributed by atoms with E-state index in [-0.39, 0.29) is 17.5 Å². The summed E-state index contributed by atoms with van der Waals surface area (Å²) >= 11 is 0. The summed E-state index contributed by atoms with van der Waals surface area (Å²) in [6.45, 7) is 0.217. The van der Waals surface area contributed by atoms with E-state index in [1.54, 1.807) is 18.5 Å². The van der Waals surface area contributed by atoms with Crippen LogP contribution in [0.4, 0.5) is 4.39 Å². The zero-order chi connectivity index (χ0) is 14.9. The molecule has 0 atom stereocenters. The average molecular weight is 306 g/mol. The van der Waals surface area contributed by atoms with E-state index in [0.29, 0.717) is 0 Å². The van der Waals surface area contributed by atoms with Crippen LogP contribution >= 0.6 is 0 Å². The van der Waals surface area contributed by atoms with Crippen molar-refractivity contribution in [2.45, 2.75) is 30.3 Å². The lowest BCUT2D eigenvalue weighted by Gasteiger charge is -2.22. The second kappa shape index (κ2) is 5.54. The Morgan fingerprint density at radius 1 is 1.19 bits per heavy atom. The molecule has 0 saturated heterocycles. The number of hydrogen-bond donors (Lipinski definition) is 0. The van der Waals surface area contributed by atoms with Gasteiger partial charge in [-0.25, -0.2) is 12.8 Å². The molecule has 2 aromatic rings. The quantitative estimate of drug-likeness (QED) is 0.853. The maximum atomic E-state index is 13.9. The number of hydrogen-bond acceptors (Lipinski definition) is 3. The van der Waals surface area contributed by atoms with E-state index in [0.717, 1.165) is 18.4 Å². The lowest BCUT2D eigenvalue weighted by molar-refractivity contribution is 0.395. The summed E-state index contributed by atoms with van der Waals surface area (Å²) in [5.41, 5.74) is 0.796. The highest BCUT2D eigenvalue weighted by Gasteiger charge is 2.39. The third-order valence-corrected chi connectivity index (χ3v) is 5.37. The normalized spacial score (nSPS) is 15.3. The summed E-state index contributed by atoms with van der Waals surface area (Å²) in [4.78, 5) is 3.73. The Hall–Kier alpha value is -1.79. The first-order valence-electron chi connectivity index (χ1n) is 6.74. The first kappa shape index (κ1) is 14.2. The molecule has 0 spiro atoms. The maximum absolute atomic E-state index is 13.9. The maximum Gasteiger partial charge on any atom is 0.246 e. The van der Waals surface area contributed by atoms with Crippen molar-refractivity contribution in [2.75, 3.05) is 0 Å². The van der Waals surface area contributed by atoms with E-state index < -0.39 is 15.8 Å². The molecule has 0 radical (unpaired) electrons. The van der Waals surface area contributed by atoms with Crippen LogP contribution in [0.3, 0.4) is 0 Å². The first-order chi connectivity index (χ1) is 10.1. The van der Waals surface area contributed by atoms with Crippen molar-refractivity contribution in [2.24, 2.45) is 0 Å². The molecule has 1 aliphatic rings. The molecule has 3 rings (SSSR count). The summed E-state index contributed by atoms with van der Waals surface area (Å²) in [7, 11) is -3.84. The van der Waals surface area contributed by atoms with E-state index in [9.17, 15) is 12.8 Å². The fourth-order valence-electron chi connectivity index (χ4n) is 2.22. The van der Waals surface area contributed by atoms with Crippen molar-refractivity contribution in [1.29, 1.82) is 0 Å². The Morgan fingerprint density at radius 2 is 1.95 bits per heavy atom. The molecule has 110 valence electrons. The van der Waals surface area contributed by atoms with Gasteiger partial charge in [-0.2, -0.15) is 4.31 Å². The minimum absolute atomic E-state index is 0.0465. The Bertz CT molecular complexity index is 730. The topological polar surface area (TPSA) is 50.3 Å². The van der Waals surface area contributed by atoms with Crippen LogP contribution in [0.1, 0.15) is 18.4 Å². The van der Waals surface area contributed by atoms with Gasteiger partial charge in [0.05, 0.1) is 0 Å². The third-order valence-electron chi connectivity index (χ3n) is 3.44. The smallest absolute Gasteiger partial charge is 0.246 e. The van der Waals surface area contributed by atoms with Crippen LogP contribution < -0.4 is 0 Å². The summed E-state index contributed by atoms with van der Waals surface area (Å²) < 4.78 is 40.6. The lowest BCUT2D eigenvalue weighted by atomic mass is 10.3. The van der Waals surface area contributed by atoms with Gasteiger partial charge in [-0.3, -0.25) is 4.98 Å². The minimum Gasteiger partial charge on any atom is -0.264 e. The molecule has 1 heterocycles. The molecule has 1 fully saturated rings. The predicted octanol–water partition coefficient (Wildman–Crippen LogP) is 2.57. The van der Waals surface area contributed by atoms with Crippen LogP contribution in [0.5, 0.6) is 0 Å². The van der Waals surface area contributed by atoms with Gasteiger partial charge in [-0.1, -0.05) is 18.2 Å². The van der Waals surface area contributed by atoms with Crippen molar-refractivity contribution in [1.82, 2.24) is 9.29 Å². The number of rotatable bonds is 5. The molecule has 1 aromatic heterocycles. The monoisotopic (exact) mass is 306 g/mol. The summed E-state index contributed by atoms with van der Waals surface area (Å²) in [6.07, 6.45) is 4.89. The SMILES string of the molecule is O=S(=O)(c1ccccc1F)N(Cc1cccnc1)C1CC1. The molecule has 0 aliphatic heterocycles. The number of halogens is 1. The highest BCUT2D eigenvalue weighted by molar-refractivity contribution is 7.89. The van der Waals surface area contributed by atoms with E-state index in [2.05, 4.69) is 4.98 Å². The molecule has 1 aliphatic carbocycles. The van der Waals surface area contributed by atoms with Crippen LogP contribution in [-0.4, -0.2) is 23.7 Å². The molecule has 1 aromatic carbocycles. The van der Waals surface area contributed by atoms with Gasteiger partial charge in [0.25, 0.3) is 0 Å². The average Bonchev–Trinajstić information content (AvgIpc) is 3.30. The Balaban J connectivity index is 1.96. The zero-order valence-corrected chi connectivity index (χ0v) is 12.1. The van der Waals surface area contributed by atoms with Crippen LogP contribution in [0, 0.1) is 5.82 Å². The molecule has 0 bridgehead atoms. The fraction of sp³-hybridized carbons (Fsp3) is 0.267. The second-order valence-electron chi connectivity index (χ2n) is 5.07. The van der Waals surface area contributed by atoms with Crippen LogP contribution in [0.2, 0.25) is 0 Å². The molecule has 1 saturated carbocycles. The van der Waals surface area contributed by atoms with Gasteiger partial charge in [-0.05, 0) is 36.6 Å². The number of aromatic nitrogens is 1. The second-order valence-corrected chi connectivity index (χ2v) is 6.93. The van der Waals surface area contributed by atoms with E-state index >= 15 is 0 Å². The highest BCUT2D eigenvalue weighted by Crippen LogP contribution is 2.34. The van der Waals surface area contributed by atoms with Crippen molar-refractivity contribution in [3.63, 3.8) is 0 Å². The van der Waals surface area contributed by atoms with Gasteiger partial charge in [-0.15, -0.1) is 0 Å². The molecular weight excluding hydrogens is 291 g/mol. The van der Waals surface area contributed by atoms with Gasteiger partial charge < -0.3 is 0 Å². The van der Waals surface area contributed by atoms with Crippen molar-refractivity contribution in [3.8, 4) is 0 Å². The minimum atomic E-state index is -3.84. The lowest BCUT2D eigenvalue weighted by Crippen LogP contribution is -2.33. The highest BCUT2D eigenvalue weighted by atomic mass is 32.2. The summed E-state index contributed by atoms with van der Waals surface area (Å²) in [5, 5.41) is 0. The van der Waals surface area contributed by atoms with Crippen molar-refractivity contribution < 1.29 is 12.8 Å².